The van der Waals surface area contributed by atoms with Crippen molar-refractivity contribution in [2.75, 3.05) is 38.7 Å². The van der Waals surface area contributed by atoms with Crippen molar-refractivity contribution >= 4 is 27.7 Å². The lowest BCUT2D eigenvalue weighted by Crippen LogP contribution is -2.30. The van der Waals surface area contributed by atoms with Crippen LogP contribution >= 0.6 is 15.9 Å². The van der Waals surface area contributed by atoms with Gasteiger partial charge >= 0.3 is 0 Å². The molecule has 1 aromatic rings. The Bertz CT molecular complexity index is 496. The van der Waals surface area contributed by atoms with Crippen LogP contribution in [0.25, 0.3) is 0 Å². The summed E-state index contributed by atoms with van der Waals surface area (Å²) in [7, 11) is 1.70. The molecule has 6 heteroatoms. The van der Waals surface area contributed by atoms with Crippen LogP contribution in [0.1, 0.15) is 30.1 Å². The van der Waals surface area contributed by atoms with Crippen LogP contribution in [0.15, 0.2) is 16.7 Å². The number of pyridine rings is 1. The molecule has 1 unspecified atom stereocenters. The summed E-state index contributed by atoms with van der Waals surface area (Å²) in [4.78, 5) is 18.9. The molecular formula is C15H22BrN3O2. The summed E-state index contributed by atoms with van der Waals surface area (Å²) in [6, 6.07) is 1.84. The molecule has 0 bridgehead atoms. The number of anilines is 1. The minimum absolute atomic E-state index is 0.0426. The van der Waals surface area contributed by atoms with Crippen molar-refractivity contribution in [2.24, 2.45) is 5.92 Å². The van der Waals surface area contributed by atoms with Crippen LogP contribution in [-0.2, 0) is 4.74 Å². The van der Waals surface area contributed by atoms with Crippen molar-refractivity contribution in [1.82, 2.24) is 9.88 Å². The third kappa shape index (κ3) is 4.17. The molecule has 116 valence electrons. The fraction of sp³-hybridized carbons (Fsp3) is 0.600. The highest BCUT2D eigenvalue weighted by molar-refractivity contribution is 9.10. The van der Waals surface area contributed by atoms with Gasteiger partial charge < -0.3 is 15.0 Å². The summed E-state index contributed by atoms with van der Waals surface area (Å²) in [6.45, 7) is 5.14. The molecule has 1 amide bonds. The van der Waals surface area contributed by atoms with Crippen molar-refractivity contribution in [3.8, 4) is 0 Å². The Morgan fingerprint density at radius 1 is 1.62 bits per heavy atom. The van der Waals surface area contributed by atoms with Crippen molar-refractivity contribution in [1.29, 1.82) is 0 Å². The molecule has 2 rings (SSSR count). The number of amides is 1. The summed E-state index contributed by atoms with van der Waals surface area (Å²) < 4.78 is 6.01. The molecule has 2 heterocycles. The first-order valence-electron chi connectivity index (χ1n) is 7.33. The number of likely N-dealkylation sites (tertiary alicyclic amines) is 1. The number of rotatable bonds is 6. The predicted octanol–water partition coefficient (Wildman–Crippen LogP) is 2.77. The van der Waals surface area contributed by atoms with E-state index in [1.807, 2.05) is 11.0 Å². The standard InChI is InChI=1S/C15H22BrN3O2/c1-3-5-17-14-13(7-12(16)8-18-14)15(20)19-6-4-11(9-19)10-21-2/h7-8,11H,3-6,9-10H2,1-2H3,(H,17,18). The molecule has 0 aromatic carbocycles. The van der Waals surface area contributed by atoms with Crippen molar-refractivity contribution in [3.05, 3.63) is 22.3 Å². The van der Waals surface area contributed by atoms with Crippen molar-refractivity contribution in [3.63, 3.8) is 0 Å². The highest BCUT2D eigenvalue weighted by Gasteiger charge is 2.28. The smallest absolute Gasteiger partial charge is 0.257 e. The normalized spacial score (nSPS) is 18.0. The SMILES string of the molecule is CCCNc1ncc(Br)cc1C(=O)N1CCC(COC)C1. The van der Waals surface area contributed by atoms with Crippen molar-refractivity contribution < 1.29 is 9.53 Å². The Labute approximate surface area is 134 Å². The summed E-state index contributed by atoms with van der Waals surface area (Å²) in [5.74, 6) is 1.15. The van der Waals surface area contributed by atoms with E-state index in [2.05, 4.69) is 33.2 Å². The van der Waals surface area contributed by atoms with Crippen LogP contribution in [0.4, 0.5) is 5.82 Å². The second-order valence-electron chi connectivity index (χ2n) is 5.34. The third-order valence-corrected chi connectivity index (χ3v) is 4.04. The Kier molecular flexibility index (Phi) is 5.99. The second-order valence-corrected chi connectivity index (χ2v) is 6.25. The number of nitrogens with one attached hydrogen (secondary N) is 1. The zero-order chi connectivity index (χ0) is 15.2. The molecular weight excluding hydrogens is 334 g/mol. The number of carbonyl (C=O) groups excluding carboxylic acids is 1. The Morgan fingerprint density at radius 3 is 3.14 bits per heavy atom. The van der Waals surface area contributed by atoms with Gasteiger partial charge in [-0.1, -0.05) is 6.92 Å². The van der Waals surface area contributed by atoms with Crippen LogP contribution in [-0.4, -0.2) is 49.1 Å². The molecule has 0 aliphatic carbocycles. The maximum Gasteiger partial charge on any atom is 0.257 e. The highest BCUT2D eigenvalue weighted by Crippen LogP contribution is 2.24. The number of methoxy groups -OCH3 is 1. The molecule has 1 aromatic heterocycles. The lowest BCUT2D eigenvalue weighted by atomic mass is 10.1. The summed E-state index contributed by atoms with van der Waals surface area (Å²) in [6.07, 6.45) is 3.70. The number of halogens is 1. The Morgan fingerprint density at radius 2 is 2.43 bits per heavy atom. The van der Waals surface area contributed by atoms with Gasteiger partial charge in [0.05, 0.1) is 12.2 Å². The zero-order valence-corrected chi connectivity index (χ0v) is 14.1. The molecule has 0 radical (unpaired) electrons. The molecule has 1 aliphatic heterocycles. The molecule has 5 nitrogen and oxygen atoms in total. The first-order valence-corrected chi connectivity index (χ1v) is 8.12. The molecule has 1 N–H and O–H groups in total. The first kappa shape index (κ1) is 16.2. The van der Waals surface area contributed by atoms with E-state index in [0.717, 1.165) is 36.9 Å². The topological polar surface area (TPSA) is 54.5 Å². The number of hydrogen-bond acceptors (Lipinski definition) is 4. The summed E-state index contributed by atoms with van der Waals surface area (Å²) in [5, 5.41) is 3.23. The Hall–Kier alpha value is -1.14. The minimum atomic E-state index is 0.0426. The number of hydrogen-bond donors (Lipinski definition) is 1. The fourth-order valence-corrected chi connectivity index (χ4v) is 2.88. The van der Waals surface area contributed by atoms with E-state index in [0.29, 0.717) is 23.9 Å². The van der Waals surface area contributed by atoms with Gasteiger partial charge in [0.1, 0.15) is 5.82 Å². The first-order chi connectivity index (χ1) is 10.2. The largest absolute Gasteiger partial charge is 0.384 e. The van der Waals surface area contributed by atoms with E-state index >= 15 is 0 Å². The summed E-state index contributed by atoms with van der Waals surface area (Å²) in [5.41, 5.74) is 0.635. The number of carbonyl (C=O) groups is 1. The van der Waals surface area contributed by atoms with Crippen LogP contribution in [0.2, 0.25) is 0 Å². The van der Waals surface area contributed by atoms with Crippen LogP contribution in [0.5, 0.6) is 0 Å². The lowest BCUT2D eigenvalue weighted by molar-refractivity contribution is 0.0776. The van der Waals surface area contributed by atoms with Gasteiger partial charge in [0.2, 0.25) is 0 Å². The van der Waals surface area contributed by atoms with Crippen molar-refractivity contribution in [2.45, 2.75) is 19.8 Å². The van der Waals surface area contributed by atoms with E-state index in [1.165, 1.54) is 0 Å². The molecule has 1 aliphatic rings. The van der Waals surface area contributed by atoms with Gasteiger partial charge in [-0.25, -0.2) is 4.98 Å². The molecule has 0 spiro atoms. The van der Waals surface area contributed by atoms with Gasteiger partial charge in [-0.05, 0) is 34.8 Å². The predicted molar refractivity (Wildman–Crippen MR) is 86.6 cm³/mol. The Balaban J connectivity index is 2.12. The van der Waals surface area contributed by atoms with Crippen LogP contribution in [0.3, 0.4) is 0 Å². The van der Waals surface area contributed by atoms with E-state index in [-0.39, 0.29) is 5.91 Å². The quantitative estimate of drug-likeness (QED) is 0.852. The maximum atomic E-state index is 12.7. The molecule has 1 atom stereocenters. The number of ether oxygens (including phenoxy) is 1. The summed E-state index contributed by atoms with van der Waals surface area (Å²) >= 11 is 3.40. The van der Waals surface area contributed by atoms with E-state index in [1.54, 1.807) is 13.3 Å². The van der Waals surface area contributed by atoms with Gasteiger partial charge in [0.15, 0.2) is 0 Å². The maximum absolute atomic E-state index is 12.7. The molecule has 1 fully saturated rings. The van der Waals surface area contributed by atoms with Gasteiger partial charge in [0.25, 0.3) is 5.91 Å². The van der Waals surface area contributed by atoms with Gasteiger partial charge in [-0.15, -0.1) is 0 Å². The van der Waals surface area contributed by atoms with Gasteiger partial charge in [-0.3, -0.25) is 4.79 Å². The number of nitrogens with zero attached hydrogens (tertiary/aromatic N) is 2. The monoisotopic (exact) mass is 355 g/mol. The zero-order valence-electron chi connectivity index (χ0n) is 12.6. The van der Waals surface area contributed by atoms with E-state index in [4.69, 9.17) is 4.74 Å². The second kappa shape index (κ2) is 7.75. The molecule has 1 saturated heterocycles. The van der Waals surface area contributed by atoms with Crippen LogP contribution < -0.4 is 5.32 Å². The fourth-order valence-electron chi connectivity index (χ4n) is 2.55. The molecule has 21 heavy (non-hydrogen) atoms. The van der Waals surface area contributed by atoms with E-state index in [9.17, 15) is 4.79 Å². The minimum Gasteiger partial charge on any atom is -0.384 e. The van der Waals surface area contributed by atoms with Gasteiger partial charge in [0, 0.05) is 43.3 Å². The molecule has 0 saturated carbocycles. The van der Waals surface area contributed by atoms with Gasteiger partial charge in [-0.2, -0.15) is 0 Å². The average molecular weight is 356 g/mol. The van der Waals surface area contributed by atoms with Crippen LogP contribution in [0, 0.1) is 5.92 Å². The van der Waals surface area contributed by atoms with E-state index < -0.39 is 0 Å². The number of aromatic nitrogens is 1. The third-order valence-electron chi connectivity index (χ3n) is 3.60. The average Bonchev–Trinajstić information content (AvgIpc) is 2.94. The highest BCUT2D eigenvalue weighted by atomic mass is 79.9. The lowest BCUT2D eigenvalue weighted by Gasteiger charge is -2.18.